The molecule has 57 heavy (non-hydrogen) atoms. The van der Waals surface area contributed by atoms with Gasteiger partial charge in [0.2, 0.25) is 0 Å². The van der Waals surface area contributed by atoms with Crippen LogP contribution in [0.3, 0.4) is 0 Å². The van der Waals surface area contributed by atoms with Crippen molar-refractivity contribution in [3.8, 4) is 0 Å². The van der Waals surface area contributed by atoms with Crippen molar-refractivity contribution in [2.45, 2.75) is 165 Å². The van der Waals surface area contributed by atoms with Crippen LogP contribution in [-0.2, 0) is 25.7 Å². The summed E-state index contributed by atoms with van der Waals surface area (Å²) in [7, 11) is -3.51. The Bertz CT molecular complexity index is 2070. The molecule has 0 aliphatic carbocycles. The fourth-order valence-corrected chi connectivity index (χ4v) is 10.6. The highest BCUT2D eigenvalue weighted by molar-refractivity contribution is 7.32. The Morgan fingerprint density at radius 1 is 0.421 bits per heavy atom. The first-order valence-corrected chi connectivity index (χ1v) is 23.9. The molecule has 0 saturated heterocycles. The molecule has 2 heterocycles. The predicted molar refractivity (Wildman–Crippen MR) is 243 cm³/mol. The minimum atomic E-state index is -1.76. The Hall–Kier alpha value is -3.40. The molecule has 0 fully saturated rings. The van der Waals surface area contributed by atoms with Crippen molar-refractivity contribution < 1.29 is 25.8 Å². The maximum Gasteiger partial charge on any atom is 0.387 e. The van der Waals surface area contributed by atoms with Crippen molar-refractivity contribution in [2.75, 3.05) is 0 Å². The normalized spacial score (nSPS) is 12.9. The summed E-state index contributed by atoms with van der Waals surface area (Å²) < 4.78 is 41.0. The molecule has 0 spiro atoms. The van der Waals surface area contributed by atoms with Crippen LogP contribution in [0.2, 0.25) is 0 Å². The summed E-state index contributed by atoms with van der Waals surface area (Å²) in [6.45, 7) is 21.8. The molecule has 6 aromatic rings. The Morgan fingerprint density at radius 3 is 0.895 bits per heavy atom. The number of hydrogen-bond acceptors (Lipinski definition) is 6. The Morgan fingerprint density at radius 2 is 0.667 bits per heavy atom. The lowest BCUT2D eigenvalue weighted by Gasteiger charge is -2.15. The molecule has 308 valence electrons. The lowest BCUT2D eigenvalue weighted by Crippen LogP contribution is -2.21. The quantitative estimate of drug-likeness (QED) is 0.0861. The molecule has 0 unspecified atom stereocenters. The second-order valence-electron chi connectivity index (χ2n) is 16.5. The third-order valence-electron chi connectivity index (χ3n) is 10.9. The molecule has 0 aliphatic rings. The molecule has 4 aromatic carbocycles. The van der Waals surface area contributed by atoms with Gasteiger partial charge in [0.05, 0.1) is 12.2 Å². The van der Waals surface area contributed by atoms with Gasteiger partial charge >= 0.3 is 16.5 Å². The Kier molecular flexibility index (Phi) is 15.2. The van der Waals surface area contributed by atoms with E-state index in [-0.39, 0.29) is 12.2 Å². The van der Waals surface area contributed by atoms with Crippen LogP contribution >= 0.6 is 16.5 Å². The standard InChI is InChI=1S/C49H66O6P2/c1-11-15-19-38-23-32(5)27-42-43-28-33(6)24-39(20-16-12-2)47(43)53-56(52-46(38)42)50-36(9)31-37(10)51-57-54-48-40(21-17-13-3)25-34(7)29-44(48)45-30-35(8)26-41(22-18-14-4)49(45)55-57/h23-30,36-37H,11-22,31H2,1-10H3/t36-,37-/m1/s1. The van der Waals surface area contributed by atoms with E-state index in [9.17, 15) is 0 Å². The minimum Gasteiger partial charge on any atom is -0.399 e. The van der Waals surface area contributed by atoms with E-state index in [4.69, 9.17) is 25.8 Å². The van der Waals surface area contributed by atoms with Crippen LogP contribution in [0.15, 0.2) is 65.3 Å². The summed E-state index contributed by atoms with van der Waals surface area (Å²) in [5.74, 6) is 0. The Labute approximate surface area is 343 Å². The summed E-state index contributed by atoms with van der Waals surface area (Å²) in [4.78, 5) is 0. The summed E-state index contributed by atoms with van der Waals surface area (Å²) in [6.07, 6.45) is 12.8. The molecule has 0 bridgehead atoms. The second kappa shape index (κ2) is 20.0. The molecular weight excluding hydrogens is 746 g/mol. The van der Waals surface area contributed by atoms with Gasteiger partial charge in [0.25, 0.3) is 0 Å². The smallest absolute Gasteiger partial charge is 0.387 e. The highest BCUT2D eigenvalue weighted by Crippen LogP contribution is 2.41. The van der Waals surface area contributed by atoms with E-state index in [1.165, 1.54) is 44.5 Å². The third-order valence-corrected chi connectivity index (χ3v) is 13.3. The molecule has 0 aliphatic heterocycles. The topological polar surface area (TPSA) is 71.0 Å². The molecule has 2 aromatic heterocycles. The number of unbranched alkanes of at least 4 members (excludes halogenated alkanes) is 4. The third kappa shape index (κ3) is 10.6. The monoisotopic (exact) mass is 812 g/mol. The number of fused-ring (bicyclic) bond motifs is 6. The number of hydrogen-bond donors (Lipinski definition) is 0. The highest BCUT2D eigenvalue weighted by atomic mass is 31.1. The molecule has 8 heteroatoms. The van der Waals surface area contributed by atoms with E-state index in [0.29, 0.717) is 6.42 Å². The van der Waals surface area contributed by atoms with Gasteiger partial charge in [-0.15, -0.1) is 0 Å². The number of rotatable bonds is 18. The van der Waals surface area contributed by atoms with E-state index < -0.39 is 16.5 Å². The van der Waals surface area contributed by atoms with Crippen LogP contribution < -0.4 is 9.05 Å². The number of benzene rings is 4. The van der Waals surface area contributed by atoms with Gasteiger partial charge in [-0.1, -0.05) is 77.6 Å². The molecule has 6 rings (SSSR count). The van der Waals surface area contributed by atoms with Crippen LogP contribution in [-0.4, -0.2) is 12.2 Å². The molecule has 0 N–H and O–H groups in total. The predicted octanol–water partition coefficient (Wildman–Crippen LogP) is 16.2. The minimum absolute atomic E-state index is 0.225. The summed E-state index contributed by atoms with van der Waals surface area (Å²) >= 11 is 0. The summed E-state index contributed by atoms with van der Waals surface area (Å²) in [6, 6.07) is 18.1. The van der Waals surface area contributed by atoms with Crippen LogP contribution in [0, 0.1) is 27.7 Å². The van der Waals surface area contributed by atoms with Crippen molar-refractivity contribution in [1.29, 1.82) is 0 Å². The average Bonchev–Trinajstić information content (AvgIpc) is 3.41. The van der Waals surface area contributed by atoms with Gasteiger partial charge in [-0.3, -0.25) is 9.05 Å². The van der Waals surface area contributed by atoms with Gasteiger partial charge in [-0.2, -0.15) is 0 Å². The van der Waals surface area contributed by atoms with E-state index in [1.807, 2.05) is 0 Å². The van der Waals surface area contributed by atoms with Crippen LogP contribution in [0.1, 0.15) is 144 Å². The van der Waals surface area contributed by atoms with Gasteiger partial charge in [0.15, 0.2) is 0 Å². The van der Waals surface area contributed by atoms with Crippen LogP contribution in [0.25, 0.3) is 43.9 Å². The maximum absolute atomic E-state index is 6.86. The number of aryl methyl sites for hydroxylation is 8. The van der Waals surface area contributed by atoms with Crippen molar-refractivity contribution in [2.24, 2.45) is 0 Å². The Balaban J connectivity index is 1.40. The van der Waals surface area contributed by atoms with Crippen molar-refractivity contribution >= 4 is 60.4 Å². The fraction of sp³-hybridized carbons (Fsp3) is 0.510. The molecule has 6 nitrogen and oxygen atoms in total. The second-order valence-corrected chi connectivity index (χ2v) is 18.5. The van der Waals surface area contributed by atoms with Crippen LogP contribution in [0.5, 0.6) is 0 Å². The lowest BCUT2D eigenvalue weighted by molar-refractivity contribution is 0.184. The first-order valence-electron chi connectivity index (χ1n) is 21.7. The van der Waals surface area contributed by atoms with Crippen molar-refractivity contribution in [3.63, 3.8) is 0 Å². The van der Waals surface area contributed by atoms with Crippen molar-refractivity contribution in [3.05, 3.63) is 93.0 Å². The molecule has 0 radical (unpaired) electrons. The zero-order valence-corrected chi connectivity index (χ0v) is 38.1. The molecule has 0 amide bonds. The molecular formula is C49H66O6P2. The maximum atomic E-state index is 6.86. The van der Waals surface area contributed by atoms with E-state index >= 15 is 0 Å². The van der Waals surface area contributed by atoms with E-state index in [2.05, 4.69) is 118 Å². The van der Waals surface area contributed by atoms with E-state index in [1.54, 1.807) is 0 Å². The fourth-order valence-electron chi connectivity index (χ4n) is 8.10. The molecule has 2 atom stereocenters. The SMILES string of the molecule is CCCCc1cc(C)cc2c1op(O[C@H](C)C[C@@H](C)Op1oc3c(CCCC)cc(C)cc3c3cc(C)cc(CCCC)c3o1)oc1c(CCCC)cc(C)cc12. The first-order chi connectivity index (χ1) is 27.5. The van der Waals surface area contributed by atoms with Gasteiger partial charge < -0.3 is 16.8 Å². The van der Waals surface area contributed by atoms with E-state index in [0.717, 1.165) is 121 Å². The summed E-state index contributed by atoms with van der Waals surface area (Å²) in [5.41, 5.74) is 13.4. The zero-order chi connectivity index (χ0) is 40.6. The van der Waals surface area contributed by atoms with Gasteiger partial charge in [-0.25, -0.2) is 0 Å². The van der Waals surface area contributed by atoms with Gasteiger partial charge in [0.1, 0.15) is 22.3 Å². The van der Waals surface area contributed by atoms with Gasteiger partial charge in [-0.05, 0) is 162 Å². The zero-order valence-electron chi connectivity index (χ0n) is 36.3. The van der Waals surface area contributed by atoms with Crippen molar-refractivity contribution in [1.82, 2.24) is 0 Å². The van der Waals surface area contributed by atoms with Gasteiger partial charge in [0, 0.05) is 28.0 Å². The molecule has 0 saturated carbocycles. The average molecular weight is 813 g/mol. The summed E-state index contributed by atoms with van der Waals surface area (Å²) in [5, 5.41) is 4.40. The highest BCUT2D eigenvalue weighted by Gasteiger charge is 2.21. The largest absolute Gasteiger partial charge is 0.399 e. The first kappa shape index (κ1) is 43.2. The lowest BCUT2D eigenvalue weighted by atomic mass is 9.97. The van der Waals surface area contributed by atoms with Crippen LogP contribution in [0.4, 0.5) is 0 Å².